The summed E-state index contributed by atoms with van der Waals surface area (Å²) in [6, 6.07) is 68.7. The average Bonchev–Trinajstić information content (AvgIpc) is 3.61. The summed E-state index contributed by atoms with van der Waals surface area (Å²) >= 11 is 0. The molecule has 4 heteroatoms. The first kappa shape index (κ1) is 31.1. The summed E-state index contributed by atoms with van der Waals surface area (Å²) in [6.07, 6.45) is 0. The molecule has 55 heavy (non-hydrogen) atoms. The molecular weight excluding hydrogens is 669 g/mol. The minimum Gasteiger partial charge on any atom is -0.308 e. The molecule has 256 valence electrons. The smallest absolute Gasteiger partial charge is 0.166 e. The number of hydrogen-bond donors (Lipinski definition) is 0. The second kappa shape index (κ2) is 12.6. The molecule has 0 aliphatic rings. The van der Waals surface area contributed by atoms with E-state index in [9.17, 15) is 0 Å². The molecule has 11 rings (SSSR count). The van der Waals surface area contributed by atoms with Crippen LogP contribution in [0.2, 0.25) is 0 Å². The molecule has 0 unspecified atom stereocenters. The number of para-hydroxylation sites is 1. The van der Waals surface area contributed by atoms with E-state index >= 15 is 0 Å². The van der Waals surface area contributed by atoms with Crippen LogP contribution in [0, 0.1) is 0 Å². The largest absolute Gasteiger partial charge is 0.308 e. The van der Waals surface area contributed by atoms with Gasteiger partial charge in [-0.25, -0.2) is 15.0 Å². The molecule has 2 heterocycles. The van der Waals surface area contributed by atoms with Crippen molar-refractivity contribution >= 4 is 54.1 Å². The van der Waals surface area contributed by atoms with Crippen LogP contribution in [0.4, 0.5) is 0 Å². The predicted molar refractivity (Wildman–Crippen MR) is 228 cm³/mol. The Morgan fingerprint density at radius 1 is 0.291 bits per heavy atom. The molecule has 2 aromatic heterocycles. The van der Waals surface area contributed by atoms with Gasteiger partial charge in [-0.2, -0.15) is 0 Å². The monoisotopic (exact) mass is 700 g/mol. The number of nitrogens with zero attached hydrogens (tertiary/aromatic N) is 4. The highest BCUT2D eigenvalue weighted by Gasteiger charge is 2.23. The molecule has 0 spiro atoms. The van der Waals surface area contributed by atoms with E-state index in [0.717, 1.165) is 38.8 Å². The first-order valence-corrected chi connectivity index (χ1v) is 18.6. The van der Waals surface area contributed by atoms with Gasteiger partial charge in [0.25, 0.3) is 0 Å². The maximum absolute atomic E-state index is 5.31. The van der Waals surface area contributed by atoms with Crippen LogP contribution >= 0.6 is 0 Å². The number of rotatable bonds is 5. The van der Waals surface area contributed by atoms with Gasteiger partial charge in [-0.05, 0) is 67.7 Å². The van der Waals surface area contributed by atoms with E-state index in [1.807, 2.05) is 36.4 Å². The lowest BCUT2D eigenvalue weighted by molar-refractivity contribution is 1.07. The fraction of sp³-hybridized carbons (Fsp3) is 0. The lowest BCUT2D eigenvalue weighted by Crippen LogP contribution is -2.04. The Labute approximate surface area is 317 Å². The lowest BCUT2D eigenvalue weighted by atomic mass is 9.92. The van der Waals surface area contributed by atoms with Crippen LogP contribution in [-0.2, 0) is 0 Å². The van der Waals surface area contributed by atoms with E-state index in [4.69, 9.17) is 15.0 Å². The number of hydrogen-bond acceptors (Lipinski definition) is 3. The molecule has 0 N–H and O–H groups in total. The average molecular weight is 701 g/mol. The summed E-state index contributed by atoms with van der Waals surface area (Å²) in [4.78, 5) is 15.7. The Hall–Kier alpha value is -7.43. The molecule has 0 saturated carbocycles. The van der Waals surface area contributed by atoms with Crippen molar-refractivity contribution in [3.8, 4) is 51.0 Å². The highest BCUT2D eigenvalue weighted by Crippen LogP contribution is 2.44. The van der Waals surface area contributed by atoms with Gasteiger partial charge in [0.2, 0.25) is 0 Å². The summed E-state index contributed by atoms with van der Waals surface area (Å²) in [5, 5.41) is 9.59. The molecule has 0 amide bonds. The van der Waals surface area contributed by atoms with Crippen LogP contribution in [0.3, 0.4) is 0 Å². The van der Waals surface area contributed by atoms with Crippen molar-refractivity contribution in [3.05, 3.63) is 194 Å². The molecule has 0 saturated heterocycles. The van der Waals surface area contributed by atoms with Crippen molar-refractivity contribution in [2.75, 3.05) is 0 Å². The van der Waals surface area contributed by atoms with E-state index in [2.05, 4.69) is 162 Å². The Morgan fingerprint density at radius 2 is 0.727 bits per heavy atom. The van der Waals surface area contributed by atoms with E-state index in [-0.39, 0.29) is 0 Å². The maximum atomic E-state index is 5.31. The highest BCUT2D eigenvalue weighted by molar-refractivity contribution is 6.26. The van der Waals surface area contributed by atoms with Crippen molar-refractivity contribution in [2.45, 2.75) is 0 Å². The van der Waals surface area contributed by atoms with Gasteiger partial charge in [0, 0.05) is 27.5 Å². The Bertz CT molecular complexity index is 3180. The second-order valence-corrected chi connectivity index (χ2v) is 14.0. The highest BCUT2D eigenvalue weighted by atomic mass is 15.1. The normalized spacial score (nSPS) is 11.6. The molecule has 0 bridgehead atoms. The third kappa shape index (κ3) is 5.03. The van der Waals surface area contributed by atoms with E-state index in [1.54, 1.807) is 0 Å². The fourth-order valence-electron chi connectivity index (χ4n) is 8.37. The standard InChI is InChI=1S/C51H32N4/c1-4-17-33(18-5-1)36-28-16-30-46-48(36)41-27-14-15-29-45(41)55(46)47-32-43-40-26-13-11-24-38(40)37-23-10-12-25-39(37)42(43)31-44(47)51-53-49(34-19-6-2-7-20-34)52-50(54-51)35-21-8-3-9-22-35/h1-32H. The molecule has 0 aliphatic carbocycles. The van der Waals surface area contributed by atoms with Crippen molar-refractivity contribution in [2.24, 2.45) is 0 Å². The summed E-state index contributed by atoms with van der Waals surface area (Å²) in [7, 11) is 0. The van der Waals surface area contributed by atoms with Crippen molar-refractivity contribution in [3.63, 3.8) is 0 Å². The number of fused-ring (bicyclic) bond motifs is 9. The molecule has 11 aromatic rings. The molecule has 0 aliphatic heterocycles. The Balaban J connectivity index is 1.32. The minimum absolute atomic E-state index is 0.618. The third-order valence-electron chi connectivity index (χ3n) is 10.8. The maximum Gasteiger partial charge on any atom is 0.166 e. The summed E-state index contributed by atoms with van der Waals surface area (Å²) in [5.41, 5.74) is 8.43. The zero-order valence-corrected chi connectivity index (χ0v) is 29.8. The molecule has 0 fully saturated rings. The number of benzene rings is 9. The molecule has 0 radical (unpaired) electrons. The van der Waals surface area contributed by atoms with E-state index in [0.29, 0.717) is 17.5 Å². The van der Waals surface area contributed by atoms with Gasteiger partial charge in [0.15, 0.2) is 17.5 Å². The molecule has 9 aromatic carbocycles. The van der Waals surface area contributed by atoms with Crippen LogP contribution in [-0.4, -0.2) is 19.5 Å². The first-order chi connectivity index (χ1) is 27.3. The van der Waals surface area contributed by atoms with Crippen molar-refractivity contribution < 1.29 is 0 Å². The Kier molecular flexibility index (Phi) is 7.14. The fourth-order valence-corrected chi connectivity index (χ4v) is 8.37. The van der Waals surface area contributed by atoms with Crippen LogP contribution in [0.15, 0.2) is 194 Å². The summed E-state index contributed by atoms with van der Waals surface area (Å²) < 4.78 is 2.42. The lowest BCUT2D eigenvalue weighted by Gasteiger charge is -2.18. The molecular formula is C51H32N4. The quantitative estimate of drug-likeness (QED) is 0.168. The van der Waals surface area contributed by atoms with Gasteiger partial charge in [-0.15, -0.1) is 0 Å². The van der Waals surface area contributed by atoms with E-state index in [1.165, 1.54) is 48.8 Å². The van der Waals surface area contributed by atoms with Gasteiger partial charge < -0.3 is 4.57 Å². The first-order valence-electron chi connectivity index (χ1n) is 18.6. The van der Waals surface area contributed by atoms with Gasteiger partial charge in [0.05, 0.1) is 16.7 Å². The molecule has 4 nitrogen and oxygen atoms in total. The van der Waals surface area contributed by atoms with Gasteiger partial charge in [0.1, 0.15) is 0 Å². The van der Waals surface area contributed by atoms with E-state index < -0.39 is 0 Å². The Morgan fingerprint density at radius 3 is 1.31 bits per heavy atom. The second-order valence-electron chi connectivity index (χ2n) is 14.0. The van der Waals surface area contributed by atoms with Gasteiger partial charge >= 0.3 is 0 Å². The summed E-state index contributed by atoms with van der Waals surface area (Å²) in [6.45, 7) is 0. The molecule has 0 atom stereocenters. The van der Waals surface area contributed by atoms with Crippen molar-refractivity contribution in [1.82, 2.24) is 19.5 Å². The zero-order chi connectivity index (χ0) is 36.3. The van der Waals surface area contributed by atoms with Crippen LogP contribution in [0.25, 0.3) is 105 Å². The summed E-state index contributed by atoms with van der Waals surface area (Å²) in [5.74, 6) is 1.88. The SMILES string of the molecule is c1ccc(-c2nc(-c3ccccc3)nc(-c3cc4c5ccccc5c5ccccc5c4cc3-n3c4ccccc4c4c(-c5ccccc5)cccc43)n2)cc1. The van der Waals surface area contributed by atoms with Crippen LogP contribution in [0.5, 0.6) is 0 Å². The van der Waals surface area contributed by atoms with Gasteiger partial charge in [-0.1, -0.05) is 170 Å². The van der Waals surface area contributed by atoms with Gasteiger partial charge in [-0.3, -0.25) is 0 Å². The van der Waals surface area contributed by atoms with Crippen molar-refractivity contribution in [1.29, 1.82) is 0 Å². The predicted octanol–water partition coefficient (Wildman–Crippen LogP) is 13.1. The van der Waals surface area contributed by atoms with Crippen LogP contribution in [0.1, 0.15) is 0 Å². The zero-order valence-electron chi connectivity index (χ0n) is 29.8. The topological polar surface area (TPSA) is 43.6 Å². The minimum atomic E-state index is 0.618. The van der Waals surface area contributed by atoms with Crippen LogP contribution < -0.4 is 0 Å². The number of aromatic nitrogens is 4. The third-order valence-corrected chi connectivity index (χ3v) is 10.8.